The quantitative estimate of drug-likeness (QED) is 0.716. The second kappa shape index (κ2) is 5.07. The third kappa shape index (κ3) is 2.79. The fraction of sp³-hybridized carbons (Fsp3) is 0.500. The van der Waals surface area contributed by atoms with E-state index in [2.05, 4.69) is 4.98 Å². The first-order valence-electron chi connectivity index (χ1n) is 5.47. The van der Waals surface area contributed by atoms with Crippen molar-refractivity contribution in [3.8, 4) is 5.75 Å². The molecule has 16 heavy (non-hydrogen) atoms. The maximum absolute atomic E-state index is 10.8. The highest BCUT2D eigenvalue weighted by Gasteiger charge is 2.16. The first-order chi connectivity index (χ1) is 7.75. The standard InChI is InChI=1S/C12H15NO3/c1-9(14)16-12-6-11(7-13-8-12)10-2-4-15-5-3-10/h6-8,10H,2-5H2,1H3. The lowest BCUT2D eigenvalue weighted by Gasteiger charge is -2.22. The van der Waals surface area contributed by atoms with Gasteiger partial charge < -0.3 is 9.47 Å². The second-order valence-electron chi connectivity index (χ2n) is 3.93. The molecule has 0 bridgehead atoms. The molecular weight excluding hydrogens is 206 g/mol. The maximum atomic E-state index is 10.8. The molecule has 0 saturated carbocycles. The number of hydrogen-bond acceptors (Lipinski definition) is 4. The Kier molecular flexibility index (Phi) is 3.51. The van der Waals surface area contributed by atoms with Gasteiger partial charge in [0.25, 0.3) is 0 Å². The van der Waals surface area contributed by atoms with E-state index in [1.807, 2.05) is 12.3 Å². The molecule has 1 fully saturated rings. The summed E-state index contributed by atoms with van der Waals surface area (Å²) in [7, 11) is 0. The van der Waals surface area contributed by atoms with Gasteiger partial charge in [0.05, 0.1) is 6.20 Å². The van der Waals surface area contributed by atoms with Crippen molar-refractivity contribution in [2.24, 2.45) is 0 Å². The highest BCUT2D eigenvalue weighted by Crippen LogP contribution is 2.28. The van der Waals surface area contributed by atoms with Crippen molar-refractivity contribution in [2.45, 2.75) is 25.7 Å². The molecule has 0 N–H and O–H groups in total. The molecule has 1 aliphatic rings. The largest absolute Gasteiger partial charge is 0.425 e. The molecule has 1 aromatic rings. The van der Waals surface area contributed by atoms with Crippen LogP contribution in [0.1, 0.15) is 31.2 Å². The van der Waals surface area contributed by atoms with Crippen LogP contribution in [-0.4, -0.2) is 24.2 Å². The first kappa shape index (κ1) is 11.1. The van der Waals surface area contributed by atoms with Gasteiger partial charge in [-0.05, 0) is 30.4 Å². The van der Waals surface area contributed by atoms with Crippen molar-refractivity contribution in [3.63, 3.8) is 0 Å². The van der Waals surface area contributed by atoms with Gasteiger partial charge in [-0.25, -0.2) is 0 Å². The van der Waals surface area contributed by atoms with E-state index in [0.717, 1.165) is 31.6 Å². The van der Waals surface area contributed by atoms with Crippen molar-refractivity contribution in [3.05, 3.63) is 24.0 Å². The third-order valence-electron chi connectivity index (χ3n) is 2.69. The monoisotopic (exact) mass is 221 g/mol. The number of pyridine rings is 1. The molecule has 0 unspecified atom stereocenters. The number of rotatable bonds is 2. The molecule has 1 aromatic heterocycles. The third-order valence-corrected chi connectivity index (χ3v) is 2.69. The van der Waals surface area contributed by atoms with E-state index in [0.29, 0.717) is 11.7 Å². The summed E-state index contributed by atoms with van der Waals surface area (Å²) in [5.41, 5.74) is 1.13. The maximum Gasteiger partial charge on any atom is 0.308 e. The van der Waals surface area contributed by atoms with Gasteiger partial charge in [0, 0.05) is 26.3 Å². The highest BCUT2D eigenvalue weighted by molar-refractivity contribution is 5.69. The average Bonchev–Trinajstić information content (AvgIpc) is 2.30. The molecule has 4 heteroatoms. The fourth-order valence-corrected chi connectivity index (χ4v) is 1.91. The summed E-state index contributed by atoms with van der Waals surface area (Å²) in [6.45, 7) is 2.98. The molecular formula is C12H15NO3. The van der Waals surface area contributed by atoms with Crippen molar-refractivity contribution in [1.82, 2.24) is 4.98 Å². The number of hydrogen-bond donors (Lipinski definition) is 0. The molecule has 2 rings (SSSR count). The minimum absolute atomic E-state index is 0.314. The van der Waals surface area contributed by atoms with Crippen LogP contribution in [-0.2, 0) is 9.53 Å². The van der Waals surface area contributed by atoms with Crippen LogP contribution < -0.4 is 4.74 Å². The summed E-state index contributed by atoms with van der Waals surface area (Å²) in [4.78, 5) is 14.9. The SMILES string of the molecule is CC(=O)Oc1cncc(C2CCOCC2)c1. The Balaban J connectivity index is 2.11. The van der Waals surface area contributed by atoms with Crippen LogP contribution in [0.2, 0.25) is 0 Å². The molecule has 0 aromatic carbocycles. The summed E-state index contributed by atoms with van der Waals surface area (Å²) < 4.78 is 10.3. The highest BCUT2D eigenvalue weighted by atomic mass is 16.5. The minimum Gasteiger partial charge on any atom is -0.425 e. The Bertz CT molecular complexity index is 372. The predicted octanol–water partition coefficient (Wildman–Crippen LogP) is 1.90. The second-order valence-corrected chi connectivity index (χ2v) is 3.93. The van der Waals surface area contributed by atoms with Crippen molar-refractivity contribution in [2.75, 3.05) is 13.2 Å². The Morgan fingerprint density at radius 1 is 1.44 bits per heavy atom. The number of aromatic nitrogens is 1. The van der Waals surface area contributed by atoms with Gasteiger partial charge in [0.2, 0.25) is 0 Å². The van der Waals surface area contributed by atoms with E-state index < -0.39 is 0 Å². The minimum atomic E-state index is -0.314. The summed E-state index contributed by atoms with van der Waals surface area (Å²) in [5, 5.41) is 0. The summed E-state index contributed by atoms with van der Waals surface area (Å²) in [5.74, 6) is 0.680. The Morgan fingerprint density at radius 2 is 2.19 bits per heavy atom. The normalized spacial score (nSPS) is 17.1. The van der Waals surface area contributed by atoms with E-state index in [1.165, 1.54) is 6.92 Å². The zero-order valence-corrected chi connectivity index (χ0v) is 9.31. The molecule has 1 aliphatic heterocycles. The molecule has 4 nitrogen and oxygen atoms in total. The zero-order chi connectivity index (χ0) is 11.4. The van der Waals surface area contributed by atoms with Crippen LogP contribution in [0.15, 0.2) is 18.5 Å². The average molecular weight is 221 g/mol. The zero-order valence-electron chi connectivity index (χ0n) is 9.31. The lowest BCUT2D eigenvalue weighted by atomic mass is 9.93. The van der Waals surface area contributed by atoms with Crippen molar-refractivity contribution in [1.29, 1.82) is 0 Å². The Labute approximate surface area is 94.6 Å². The predicted molar refractivity (Wildman–Crippen MR) is 58.3 cm³/mol. The first-order valence-corrected chi connectivity index (χ1v) is 5.47. The molecule has 0 aliphatic carbocycles. The van der Waals surface area contributed by atoms with Crippen LogP contribution in [0.4, 0.5) is 0 Å². The van der Waals surface area contributed by atoms with Gasteiger partial charge in [0.15, 0.2) is 0 Å². The number of nitrogens with zero attached hydrogens (tertiary/aromatic N) is 1. The van der Waals surface area contributed by atoms with E-state index in [9.17, 15) is 4.79 Å². The fourth-order valence-electron chi connectivity index (χ4n) is 1.91. The molecule has 0 amide bonds. The molecule has 1 saturated heterocycles. The smallest absolute Gasteiger partial charge is 0.308 e. The van der Waals surface area contributed by atoms with Gasteiger partial charge in [-0.15, -0.1) is 0 Å². The lowest BCUT2D eigenvalue weighted by Crippen LogP contribution is -2.14. The Morgan fingerprint density at radius 3 is 2.88 bits per heavy atom. The van der Waals surface area contributed by atoms with Gasteiger partial charge in [0.1, 0.15) is 5.75 Å². The summed E-state index contributed by atoms with van der Waals surface area (Å²) >= 11 is 0. The summed E-state index contributed by atoms with van der Waals surface area (Å²) in [6.07, 6.45) is 5.41. The van der Waals surface area contributed by atoms with Crippen LogP contribution in [0, 0.1) is 0 Å². The van der Waals surface area contributed by atoms with Crippen molar-refractivity contribution < 1.29 is 14.3 Å². The molecule has 0 radical (unpaired) electrons. The van der Waals surface area contributed by atoms with Crippen LogP contribution in [0.5, 0.6) is 5.75 Å². The number of ether oxygens (including phenoxy) is 2. The van der Waals surface area contributed by atoms with Gasteiger partial charge in [-0.3, -0.25) is 9.78 Å². The van der Waals surface area contributed by atoms with E-state index >= 15 is 0 Å². The number of carbonyl (C=O) groups excluding carboxylic acids is 1. The lowest BCUT2D eigenvalue weighted by molar-refractivity contribution is -0.131. The van der Waals surface area contributed by atoms with Crippen molar-refractivity contribution >= 4 is 5.97 Å². The molecule has 0 spiro atoms. The van der Waals surface area contributed by atoms with Gasteiger partial charge >= 0.3 is 5.97 Å². The van der Waals surface area contributed by atoms with Crippen LogP contribution in [0.3, 0.4) is 0 Å². The number of esters is 1. The summed E-state index contributed by atoms with van der Waals surface area (Å²) in [6, 6.07) is 1.89. The van der Waals surface area contributed by atoms with Crippen LogP contribution in [0.25, 0.3) is 0 Å². The van der Waals surface area contributed by atoms with Crippen LogP contribution >= 0.6 is 0 Å². The Hall–Kier alpha value is -1.42. The molecule has 0 atom stereocenters. The van der Waals surface area contributed by atoms with E-state index in [-0.39, 0.29) is 5.97 Å². The topological polar surface area (TPSA) is 48.4 Å². The van der Waals surface area contributed by atoms with E-state index in [4.69, 9.17) is 9.47 Å². The van der Waals surface area contributed by atoms with Gasteiger partial charge in [-0.2, -0.15) is 0 Å². The molecule has 86 valence electrons. The number of carbonyl (C=O) groups is 1. The van der Waals surface area contributed by atoms with E-state index in [1.54, 1.807) is 6.20 Å². The van der Waals surface area contributed by atoms with Gasteiger partial charge in [-0.1, -0.05) is 0 Å². The molecule has 2 heterocycles.